The summed E-state index contributed by atoms with van der Waals surface area (Å²) >= 11 is 0. The number of nitriles is 1. The zero-order chi connectivity index (χ0) is 34.5. The second-order valence-corrected chi connectivity index (χ2v) is 19.7. The van der Waals surface area contributed by atoms with Crippen LogP contribution in [0.4, 0.5) is 0 Å². The highest BCUT2D eigenvalue weighted by Gasteiger charge is 2.46. The molecule has 0 N–H and O–H groups in total. The van der Waals surface area contributed by atoms with E-state index < -0.39 is 8.24 Å². The van der Waals surface area contributed by atoms with Gasteiger partial charge in [-0.1, -0.05) is 97.1 Å². The lowest BCUT2D eigenvalue weighted by Crippen LogP contribution is -2.29. The van der Waals surface area contributed by atoms with Gasteiger partial charge in [0.1, 0.15) is 0 Å². The molecule has 2 spiro atoms. The summed E-state index contributed by atoms with van der Waals surface area (Å²) in [6.45, 7) is 9.82. The Morgan fingerprint density at radius 2 is 1.00 bits per heavy atom. The number of fused-ring (bicyclic) bond motifs is 4. The van der Waals surface area contributed by atoms with Gasteiger partial charge in [0.25, 0.3) is 0 Å². The van der Waals surface area contributed by atoms with Gasteiger partial charge in [-0.3, -0.25) is 9.45 Å². The summed E-state index contributed by atoms with van der Waals surface area (Å²) in [7, 11) is -1.21. The van der Waals surface area contributed by atoms with Crippen LogP contribution in [0.2, 0.25) is 19.6 Å². The van der Waals surface area contributed by atoms with Crippen molar-refractivity contribution in [1.82, 2.24) is 0 Å². The Labute approximate surface area is 293 Å². The molecule has 4 aliphatic carbocycles. The summed E-state index contributed by atoms with van der Waals surface area (Å²) in [5, 5.41) is 9.17. The minimum atomic E-state index is -1.21. The molecule has 4 aliphatic rings. The summed E-state index contributed by atoms with van der Waals surface area (Å²) in [6, 6.07) is 34.1. The first-order chi connectivity index (χ1) is 23.7. The smallest absolute Gasteiger partial charge is 0.205 e. The minimum Gasteiger partial charge on any atom is -0.294 e. The van der Waals surface area contributed by atoms with Crippen LogP contribution in [-0.4, -0.2) is 25.6 Å². The van der Waals surface area contributed by atoms with Crippen LogP contribution in [0.1, 0.15) is 75.0 Å². The Balaban J connectivity index is 0.000000144. The van der Waals surface area contributed by atoms with Gasteiger partial charge in [-0.05, 0) is 130 Å². The summed E-state index contributed by atoms with van der Waals surface area (Å²) < 4.78 is 4.03. The molecular weight excluding hydrogens is 615 g/mol. The fraction of sp³-hybridized carbons (Fsp3) is 0.341. The van der Waals surface area contributed by atoms with Gasteiger partial charge in [0.05, 0.1) is 5.71 Å². The monoisotopic (exact) mass is 661 g/mol. The highest BCUT2D eigenvalue weighted by molar-refractivity contribution is 6.75. The van der Waals surface area contributed by atoms with Gasteiger partial charge < -0.3 is 0 Å². The van der Waals surface area contributed by atoms with Crippen molar-refractivity contribution in [2.45, 2.75) is 83.8 Å². The van der Waals surface area contributed by atoms with Crippen molar-refractivity contribution >= 4 is 25.6 Å². The van der Waals surface area contributed by atoms with Crippen LogP contribution in [-0.2, 0) is 38.5 Å². The van der Waals surface area contributed by atoms with Crippen LogP contribution in [0.5, 0.6) is 0 Å². The number of Topliss-reactive ketones (excluding diaryl/α,β-unsaturated/α-hetero) is 1. The summed E-state index contributed by atoms with van der Waals surface area (Å²) in [6.07, 6.45) is 12.4. The molecule has 0 bridgehead atoms. The molecule has 8 rings (SSSR count). The molecular formula is C44H47N3OSi. The molecule has 0 aromatic heterocycles. The molecule has 4 nitrogen and oxygen atoms in total. The van der Waals surface area contributed by atoms with Crippen molar-refractivity contribution in [3.05, 3.63) is 148 Å². The molecule has 4 aromatic carbocycles. The van der Waals surface area contributed by atoms with Crippen molar-refractivity contribution in [1.29, 1.82) is 5.26 Å². The fourth-order valence-corrected chi connectivity index (χ4v) is 8.86. The number of carbonyl (C=O) groups is 1. The number of rotatable bonds is 1. The number of carbonyl (C=O) groups excluding carboxylic acids is 1. The molecule has 0 aliphatic heterocycles. The van der Waals surface area contributed by atoms with Crippen LogP contribution in [0.3, 0.4) is 0 Å². The van der Waals surface area contributed by atoms with Gasteiger partial charge in [-0.25, -0.2) is 0 Å². The Morgan fingerprint density at radius 1 is 0.612 bits per heavy atom. The second-order valence-electron chi connectivity index (χ2n) is 15.1. The summed E-state index contributed by atoms with van der Waals surface area (Å²) in [4.78, 5) is 17.1. The molecule has 248 valence electrons. The Kier molecular flexibility index (Phi) is 10.1. The van der Waals surface area contributed by atoms with E-state index in [2.05, 4.69) is 133 Å². The quantitative estimate of drug-likeness (QED) is 0.116. The molecule has 0 saturated heterocycles. The van der Waals surface area contributed by atoms with E-state index in [-0.39, 0.29) is 10.8 Å². The van der Waals surface area contributed by atoms with E-state index in [1.807, 2.05) is 12.1 Å². The maximum Gasteiger partial charge on any atom is 0.205 e. The van der Waals surface area contributed by atoms with Crippen LogP contribution in [0.15, 0.2) is 113 Å². The highest BCUT2D eigenvalue weighted by Crippen LogP contribution is 2.47. The van der Waals surface area contributed by atoms with Crippen molar-refractivity contribution in [3.63, 3.8) is 0 Å². The zero-order valence-electron chi connectivity index (χ0n) is 29.3. The maximum absolute atomic E-state index is 12.9. The number of ketones is 1. The minimum absolute atomic E-state index is 0.0401. The van der Waals surface area contributed by atoms with Gasteiger partial charge in [0.2, 0.25) is 6.19 Å². The van der Waals surface area contributed by atoms with Crippen molar-refractivity contribution < 1.29 is 4.79 Å². The van der Waals surface area contributed by atoms with Gasteiger partial charge in [-0.2, -0.15) is 10.3 Å². The van der Waals surface area contributed by atoms with Gasteiger partial charge >= 0.3 is 0 Å². The first-order valence-corrected chi connectivity index (χ1v) is 21.2. The summed E-state index contributed by atoms with van der Waals surface area (Å²) in [5.74, 6) is 2.93. The number of hydrogen-bond acceptors (Lipinski definition) is 4. The third kappa shape index (κ3) is 7.37. The van der Waals surface area contributed by atoms with Crippen molar-refractivity contribution in [2.24, 2.45) is 20.5 Å². The van der Waals surface area contributed by atoms with Gasteiger partial charge in [0.15, 0.2) is 14.0 Å². The molecule has 0 fully saturated rings. The van der Waals surface area contributed by atoms with Crippen molar-refractivity contribution in [3.8, 4) is 6.19 Å². The first kappa shape index (κ1) is 34.2. The topological polar surface area (TPSA) is 65.6 Å². The predicted molar refractivity (Wildman–Crippen MR) is 204 cm³/mol. The molecule has 0 amide bonds. The normalized spacial score (nSPS) is 18.5. The predicted octanol–water partition coefficient (Wildman–Crippen LogP) is 9.75. The average molecular weight is 662 g/mol. The third-order valence-electron chi connectivity index (χ3n) is 10.9. The van der Waals surface area contributed by atoms with E-state index in [0.717, 1.165) is 75.5 Å². The molecule has 0 saturated carbocycles. The number of aryl methyl sites for hydroxylation is 4. The zero-order valence-corrected chi connectivity index (χ0v) is 30.3. The summed E-state index contributed by atoms with van der Waals surface area (Å²) in [5.41, 5.74) is 11.5. The van der Waals surface area contributed by atoms with E-state index in [0.29, 0.717) is 5.78 Å². The van der Waals surface area contributed by atoms with E-state index in [4.69, 9.17) is 0 Å². The Hall–Kier alpha value is -4.62. The lowest BCUT2D eigenvalue weighted by molar-refractivity contribution is 0.0794. The average Bonchev–Trinajstić information content (AvgIpc) is 3.36. The van der Waals surface area contributed by atoms with Crippen LogP contribution in [0, 0.1) is 22.3 Å². The van der Waals surface area contributed by atoms with E-state index in [1.165, 1.54) is 38.9 Å². The van der Waals surface area contributed by atoms with Crippen LogP contribution < -0.4 is 0 Å². The number of aliphatic imine (C=N–C) groups is 1. The highest BCUT2D eigenvalue weighted by atomic mass is 28.3. The number of benzene rings is 4. The third-order valence-corrected chi connectivity index (χ3v) is 11.7. The fourth-order valence-electron chi connectivity index (χ4n) is 8.39. The lowest BCUT2D eigenvalue weighted by atomic mass is 9.76. The number of nitrogens with zero attached hydrogens (tertiary/aromatic N) is 3. The lowest BCUT2D eigenvalue weighted by Gasteiger charge is -2.28. The van der Waals surface area contributed by atoms with Crippen LogP contribution in [0.25, 0.3) is 0 Å². The van der Waals surface area contributed by atoms with Crippen molar-refractivity contribution in [2.75, 3.05) is 0 Å². The molecule has 0 atom stereocenters. The van der Waals surface area contributed by atoms with Gasteiger partial charge in [0, 0.05) is 22.0 Å². The van der Waals surface area contributed by atoms with E-state index in [1.54, 1.807) is 0 Å². The van der Waals surface area contributed by atoms with Gasteiger partial charge in [-0.15, -0.1) is 0 Å². The second kappa shape index (κ2) is 14.5. The SMILES string of the molecule is C=C=N[Si](C)(C)C.N#CN=C1c2ccccc2CC12CCc1ccccc1CC2.O=C1c2ccccc2CC12CCc1ccccc1CC2. The van der Waals surface area contributed by atoms with Crippen LogP contribution >= 0.6 is 0 Å². The van der Waals surface area contributed by atoms with E-state index in [9.17, 15) is 10.1 Å². The standard InChI is InChI=1S/C20H18N2.C19H18O.C5H11NSi/c21-14-22-19-18-8-4-3-7-17(18)13-20(19)11-9-15-5-1-2-6-16(15)10-12-20;20-18-17-8-4-3-7-16(17)13-19(18)11-9-14-5-1-2-6-15(14)10-12-19;1-5-6-7(2,3)4/h1-8H,9-13H2;1-8H,9-13H2;1H2,2-4H3. The maximum atomic E-state index is 12.9. The molecule has 49 heavy (non-hydrogen) atoms. The molecule has 0 heterocycles. The Bertz CT molecular complexity index is 1920. The largest absolute Gasteiger partial charge is 0.294 e. The molecule has 4 aromatic rings. The Morgan fingerprint density at radius 3 is 1.41 bits per heavy atom. The first-order valence-electron chi connectivity index (χ1n) is 17.7. The molecule has 5 heteroatoms. The van der Waals surface area contributed by atoms with E-state index >= 15 is 0 Å². The number of hydrogen-bond donors (Lipinski definition) is 0. The molecule has 0 unspecified atom stereocenters. The molecule has 0 radical (unpaired) electrons.